The van der Waals surface area contributed by atoms with E-state index in [4.69, 9.17) is 4.74 Å². The molecule has 0 saturated heterocycles. The molecule has 0 unspecified atom stereocenters. The van der Waals surface area contributed by atoms with Gasteiger partial charge in [0.05, 0.1) is 12.1 Å². The van der Waals surface area contributed by atoms with Crippen LogP contribution in [-0.2, 0) is 16.0 Å². The zero-order valence-corrected chi connectivity index (χ0v) is 14.4. The SMILES string of the molecule is CCCCOCCCNC(=O)Cc1csc(-c2ccccc2)n1. The van der Waals surface area contributed by atoms with Crippen molar-refractivity contribution in [2.75, 3.05) is 19.8 Å². The van der Waals surface area contributed by atoms with Gasteiger partial charge in [-0.15, -0.1) is 11.3 Å². The number of thiazole rings is 1. The fourth-order valence-corrected chi connectivity index (χ4v) is 2.90. The molecule has 0 bridgehead atoms. The van der Waals surface area contributed by atoms with E-state index in [9.17, 15) is 4.79 Å². The number of amides is 1. The van der Waals surface area contributed by atoms with Crippen molar-refractivity contribution in [3.05, 3.63) is 41.4 Å². The zero-order valence-electron chi connectivity index (χ0n) is 13.6. The highest BCUT2D eigenvalue weighted by Gasteiger charge is 2.08. The highest BCUT2D eigenvalue weighted by Crippen LogP contribution is 2.23. The van der Waals surface area contributed by atoms with E-state index in [0.29, 0.717) is 19.6 Å². The molecule has 0 spiro atoms. The van der Waals surface area contributed by atoms with Gasteiger partial charge < -0.3 is 10.1 Å². The van der Waals surface area contributed by atoms with Crippen LogP contribution in [0.4, 0.5) is 0 Å². The Bertz CT molecular complexity index is 584. The molecule has 1 amide bonds. The van der Waals surface area contributed by atoms with E-state index in [2.05, 4.69) is 17.2 Å². The summed E-state index contributed by atoms with van der Waals surface area (Å²) in [6, 6.07) is 10.0. The summed E-state index contributed by atoms with van der Waals surface area (Å²) >= 11 is 1.57. The maximum absolute atomic E-state index is 11.9. The standard InChI is InChI=1S/C18H24N2O2S/c1-2-3-11-22-12-7-10-19-17(21)13-16-14-23-18(20-16)15-8-5-4-6-9-15/h4-6,8-9,14H,2-3,7,10-13H2,1H3,(H,19,21). The Kier molecular flexibility index (Phi) is 7.77. The largest absolute Gasteiger partial charge is 0.381 e. The van der Waals surface area contributed by atoms with Gasteiger partial charge in [0.15, 0.2) is 0 Å². The minimum atomic E-state index is 0.0171. The lowest BCUT2D eigenvalue weighted by Crippen LogP contribution is -2.27. The van der Waals surface area contributed by atoms with Crippen molar-refractivity contribution in [1.82, 2.24) is 10.3 Å². The van der Waals surface area contributed by atoms with Crippen molar-refractivity contribution < 1.29 is 9.53 Å². The molecule has 0 atom stereocenters. The van der Waals surface area contributed by atoms with Gasteiger partial charge in [0.25, 0.3) is 0 Å². The smallest absolute Gasteiger partial charge is 0.226 e. The summed E-state index contributed by atoms with van der Waals surface area (Å²) in [5, 5.41) is 5.83. The Labute approximate surface area is 141 Å². The van der Waals surface area contributed by atoms with Crippen molar-refractivity contribution in [1.29, 1.82) is 0 Å². The first-order valence-electron chi connectivity index (χ1n) is 8.14. The highest BCUT2D eigenvalue weighted by molar-refractivity contribution is 7.13. The number of benzene rings is 1. The molecule has 5 heteroatoms. The van der Waals surface area contributed by atoms with Crippen molar-refractivity contribution in [2.45, 2.75) is 32.6 Å². The second-order valence-electron chi connectivity index (χ2n) is 5.36. The third-order valence-corrected chi connectivity index (χ3v) is 4.28. The lowest BCUT2D eigenvalue weighted by molar-refractivity contribution is -0.120. The number of aromatic nitrogens is 1. The predicted molar refractivity (Wildman–Crippen MR) is 94.6 cm³/mol. The number of carbonyl (C=O) groups excluding carboxylic acids is 1. The molecule has 0 aliphatic carbocycles. The van der Waals surface area contributed by atoms with E-state index in [0.717, 1.165) is 42.1 Å². The number of hydrogen-bond acceptors (Lipinski definition) is 4. The Balaban J connectivity index is 1.67. The van der Waals surface area contributed by atoms with Gasteiger partial charge in [-0.2, -0.15) is 0 Å². The van der Waals surface area contributed by atoms with Gasteiger partial charge in [0.2, 0.25) is 5.91 Å². The van der Waals surface area contributed by atoms with Crippen LogP contribution in [0, 0.1) is 0 Å². The van der Waals surface area contributed by atoms with Crippen LogP contribution in [-0.4, -0.2) is 30.6 Å². The van der Waals surface area contributed by atoms with Crippen LogP contribution in [0.3, 0.4) is 0 Å². The molecule has 1 heterocycles. The van der Waals surface area contributed by atoms with Crippen LogP contribution < -0.4 is 5.32 Å². The van der Waals surface area contributed by atoms with Gasteiger partial charge in [0.1, 0.15) is 5.01 Å². The number of nitrogens with zero attached hydrogens (tertiary/aromatic N) is 1. The van der Waals surface area contributed by atoms with Crippen LogP contribution in [0.1, 0.15) is 31.9 Å². The average molecular weight is 332 g/mol. The molecule has 0 aliphatic heterocycles. The van der Waals surface area contributed by atoms with Gasteiger partial charge in [-0.3, -0.25) is 4.79 Å². The maximum Gasteiger partial charge on any atom is 0.226 e. The summed E-state index contributed by atoms with van der Waals surface area (Å²) in [6.45, 7) is 4.31. The number of unbranched alkanes of at least 4 members (excludes halogenated alkanes) is 1. The molecule has 4 nitrogen and oxygen atoms in total. The van der Waals surface area contributed by atoms with Crippen molar-refractivity contribution in [3.8, 4) is 10.6 Å². The van der Waals surface area contributed by atoms with Gasteiger partial charge in [0, 0.05) is 30.7 Å². The zero-order chi connectivity index (χ0) is 16.3. The van der Waals surface area contributed by atoms with Gasteiger partial charge in [-0.05, 0) is 12.8 Å². The number of nitrogens with one attached hydrogen (secondary N) is 1. The second kappa shape index (κ2) is 10.1. The van der Waals surface area contributed by atoms with Gasteiger partial charge >= 0.3 is 0 Å². The monoisotopic (exact) mass is 332 g/mol. The Morgan fingerprint density at radius 1 is 1.22 bits per heavy atom. The highest BCUT2D eigenvalue weighted by atomic mass is 32.1. The lowest BCUT2D eigenvalue weighted by Gasteiger charge is -2.05. The number of rotatable bonds is 10. The van der Waals surface area contributed by atoms with Crippen LogP contribution in [0.5, 0.6) is 0 Å². The number of hydrogen-bond donors (Lipinski definition) is 1. The third kappa shape index (κ3) is 6.50. The average Bonchev–Trinajstić information content (AvgIpc) is 3.03. The molecular weight excluding hydrogens is 308 g/mol. The molecule has 1 aromatic heterocycles. The van der Waals surface area contributed by atoms with E-state index in [1.54, 1.807) is 11.3 Å². The Morgan fingerprint density at radius 3 is 2.78 bits per heavy atom. The fourth-order valence-electron chi connectivity index (χ4n) is 2.08. The third-order valence-electron chi connectivity index (χ3n) is 3.34. The van der Waals surface area contributed by atoms with E-state index >= 15 is 0 Å². The number of ether oxygens (including phenoxy) is 1. The summed E-state index contributed by atoms with van der Waals surface area (Å²) in [7, 11) is 0. The quantitative estimate of drug-likeness (QED) is 0.675. The van der Waals surface area contributed by atoms with Gasteiger partial charge in [-0.1, -0.05) is 43.7 Å². The normalized spacial score (nSPS) is 10.7. The molecule has 0 saturated carbocycles. The maximum atomic E-state index is 11.9. The van der Waals surface area contributed by atoms with E-state index in [1.165, 1.54) is 0 Å². The first-order valence-corrected chi connectivity index (χ1v) is 9.02. The summed E-state index contributed by atoms with van der Waals surface area (Å²) in [4.78, 5) is 16.4. The topological polar surface area (TPSA) is 51.2 Å². The summed E-state index contributed by atoms with van der Waals surface area (Å²) in [5.41, 5.74) is 1.92. The summed E-state index contributed by atoms with van der Waals surface area (Å²) in [5.74, 6) is 0.0171. The molecule has 2 aromatic rings. The molecular formula is C18H24N2O2S. The minimum Gasteiger partial charge on any atom is -0.381 e. The van der Waals surface area contributed by atoms with Gasteiger partial charge in [-0.25, -0.2) is 4.98 Å². The van der Waals surface area contributed by atoms with Crippen LogP contribution >= 0.6 is 11.3 Å². The van der Waals surface area contributed by atoms with Crippen LogP contribution in [0.25, 0.3) is 10.6 Å². The fraction of sp³-hybridized carbons (Fsp3) is 0.444. The lowest BCUT2D eigenvalue weighted by atomic mass is 10.2. The Morgan fingerprint density at radius 2 is 2.00 bits per heavy atom. The second-order valence-corrected chi connectivity index (χ2v) is 6.21. The molecule has 2 rings (SSSR count). The minimum absolute atomic E-state index is 0.0171. The first-order chi connectivity index (χ1) is 11.3. The summed E-state index contributed by atoms with van der Waals surface area (Å²) < 4.78 is 5.46. The molecule has 0 aliphatic rings. The number of carbonyl (C=O) groups is 1. The molecule has 0 fully saturated rings. The molecule has 0 radical (unpaired) electrons. The first kappa shape index (κ1) is 17.6. The van der Waals surface area contributed by atoms with Crippen molar-refractivity contribution >= 4 is 17.2 Å². The molecule has 1 N–H and O–H groups in total. The molecule has 23 heavy (non-hydrogen) atoms. The predicted octanol–water partition coefficient (Wildman–Crippen LogP) is 3.68. The van der Waals surface area contributed by atoms with Crippen LogP contribution in [0.2, 0.25) is 0 Å². The van der Waals surface area contributed by atoms with Crippen LogP contribution in [0.15, 0.2) is 35.7 Å². The summed E-state index contributed by atoms with van der Waals surface area (Å²) in [6.07, 6.45) is 3.43. The van der Waals surface area contributed by atoms with E-state index in [-0.39, 0.29) is 5.91 Å². The van der Waals surface area contributed by atoms with E-state index < -0.39 is 0 Å². The Hall–Kier alpha value is -1.72. The molecule has 124 valence electrons. The van der Waals surface area contributed by atoms with Crippen molar-refractivity contribution in [3.63, 3.8) is 0 Å². The van der Waals surface area contributed by atoms with E-state index in [1.807, 2.05) is 35.7 Å². The molecule has 1 aromatic carbocycles. The van der Waals surface area contributed by atoms with Crippen molar-refractivity contribution in [2.24, 2.45) is 0 Å².